The number of fused-ring (bicyclic) bond motifs is 1. The molecule has 0 saturated carbocycles. The number of aromatic nitrogens is 3. The molecule has 1 fully saturated rings. The van der Waals surface area contributed by atoms with Crippen LogP contribution in [0.25, 0.3) is 5.65 Å². The Morgan fingerprint density at radius 3 is 2.93 bits per heavy atom. The molecule has 0 aliphatic carbocycles. The molecule has 2 aromatic heterocycles. The van der Waals surface area contributed by atoms with E-state index in [0.717, 1.165) is 18.2 Å². The fourth-order valence-corrected chi connectivity index (χ4v) is 3.63. The van der Waals surface area contributed by atoms with Crippen molar-refractivity contribution in [3.63, 3.8) is 0 Å². The lowest BCUT2D eigenvalue weighted by Gasteiger charge is -2.26. The van der Waals surface area contributed by atoms with Gasteiger partial charge < -0.3 is 20.5 Å². The monoisotopic (exact) mass is 403 g/mol. The molecule has 3 heterocycles. The van der Waals surface area contributed by atoms with E-state index in [1.165, 1.54) is 4.52 Å². The predicted octanol–water partition coefficient (Wildman–Crippen LogP) is 2.08. The highest BCUT2D eigenvalue weighted by Crippen LogP contribution is 2.37. The number of aliphatic hydroxyl groups is 1. The van der Waals surface area contributed by atoms with Crippen molar-refractivity contribution in [1.29, 1.82) is 0 Å². The van der Waals surface area contributed by atoms with E-state index >= 15 is 0 Å². The summed E-state index contributed by atoms with van der Waals surface area (Å²) in [5.41, 5.74) is 6.18. The van der Waals surface area contributed by atoms with Crippen molar-refractivity contribution >= 4 is 23.3 Å². The summed E-state index contributed by atoms with van der Waals surface area (Å²) in [6.45, 7) is 2.00. The molecule has 4 rings (SSSR count). The number of hydrogen-bond donors (Lipinski definition) is 2. The van der Waals surface area contributed by atoms with E-state index in [0.29, 0.717) is 5.82 Å². The molecule has 2 unspecified atom stereocenters. The molecule has 1 aliphatic heterocycles. The third-order valence-corrected chi connectivity index (χ3v) is 4.87. The summed E-state index contributed by atoms with van der Waals surface area (Å²) in [7, 11) is 0. The number of esters is 1. The highest BCUT2D eigenvalue weighted by atomic mass is 19.1. The number of hydrogen-bond acceptors (Lipinski definition) is 7. The molecule has 0 amide bonds. The highest BCUT2D eigenvalue weighted by Gasteiger charge is 2.35. The SMILES string of the molecule is CCOC(=O)c1c(N)nn2ccc(N3CC(O)CC3c3cc(F)ccc3F)nc12. The third kappa shape index (κ3) is 3.35. The molecule has 3 N–H and O–H groups in total. The normalized spacial score (nSPS) is 19.1. The fraction of sp³-hybridized carbons (Fsp3) is 0.316. The van der Waals surface area contributed by atoms with Gasteiger partial charge >= 0.3 is 5.97 Å². The van der Waals surface area contributed by atoms with Crippen LogP contribution in [0.4, 0.5) is 20.4 Å². The Labute approximate surface area is 164 Å². The molecule has 0 spiro atoms. The van der Waals surface area contributed by atoms with Crippen LogP contribution in [0.1, 0.15) is 35.3 Å². The van der Waals surface area contributed by atoms with E-state index in [2.05, 4.69) is 10.1 Å². The van der Waals surface area contributed by atoms with E-state index in [4.69, 9.17) is 10.5 Å². The quantitative estimate of drug-likeness (QED) is 0.643. The number of aliphatic hydroxyl groups excluding tert-OH is 1. The van der Waals surface area contributed by atoms with Gasteiger partial charge in [0.25, 0.3) is 0 Å². The number of nitrogens with two attached hydrogens (primary N) is 1. The van der Waals surface area contributed by atoms with E-state index in [9.17, 15) is 18.7 Å². The third-order valence-electron chi connectivity index (χ3n) is 4.87. The predicted molar refractivity (Wildman–Crippen MR) is 100 cm³/mol. The van der Waals surface area contributed by atoms with Gasteiger partial charge in [-0.15, -0.1) is 5.10 Å². The Balaban J connectivity index is 1.79. The lowest BCUT2D eigenvalue weighted by molar-refractivity contribution is 0.0529. The van der Waals surface area contributed by atoms with Crippen molar-refractivity contribution in [3.05, 3.63) is 53.2 Å². The van der Waals surface area contributed by atoms with Crippen molar-refractivity contribution in [3.8, 4) is 0 Å². The Morgan fingerprint density at radius 1 is 1.38 bits per heavy atom. The van der Waals surface area contributed by atoms with Crippen LogP contribution in [0.5, 0.6) is 0 Å². The van der Waals surface area contributed by atoms with Crippen LogP contribution in [0, 0.1) is 11.6 Å². The zero-order valence-electron chi connectivity index (χ0n) is 15.5. The van der Waals surface area contributed by atoms with E-state index in [1.807, 2.05) is 0 Å². The topological polar surface area (TPSA) is 106 Å². The van der Waals surface area contributed by atoms with Crippen LogP contribution < -0.4 is 10.6 Å². The zero-order chi connectivity index (χ0) is 20.7. The first-order chi connectivity index (χ1) is 13.9. The minimum absolute atomic E-state index is 0.0257. The molecule has 2 atom stereocenters. The van der Waals surface area contributed by atoms with Gasteiger partial charge in [-0.25, -0.2) is 23.1 Å². The number of nitrogen functional groups attached to an aromatic ring is 1. The standard InChI is InChI=1S/C19H19F2N5O3/c1-2-29-19(28)16-17(22)24-26-6-5-15(23-18(16)26)25-9-11(27)8-14(25)12-7-10(20)3-4-13(12)21/h3-7,11,14,27H,2,8-9H2,1H3,(H2,22,24). The molecule has 152 valence electrons. The van der Waals surface area contributed by atoms with E-state index in [1.54, 1.807) is 24.1 Å². The molecule has 10 heteroatoms. The van der Waals surface area contributed by atoms with Crippen LogP contribution in [0.3, 0.4) is 0 Å². The lowest BCUT2D eigenvalue weighted by atomic mass is 10.0. The van der Waals surface area contributed by atoms with Gasteiger partial charge in [0.05, 0.1) is 18.8 Å². The molecule has 3 aromatic rings. The number of anilines is 2. The molecule has 1 saturated heterocycles. The molecule has 1 aliphatic rings. The summed E-state index contributed by atoms with van der Waals surface area (Å²) in [6.07, 6.45) is 1.01. The van der Waals surface area contributed by atoms with Gasteiger partial charge in [-0.2, -0.15) is 0 Å². The summed E-state index contributed by atoms with van der Waals surface area (Å²) in [5.74, 6) is -1.45. The van der Waals surface area contributed by atoms with Crippen molar-refractivity contribution in [1.82, 2.24) is 14.6 Å². The van der Waals surface area contributed by atoms with Crippen LogP contribution in [0.2, 0.25) is 0 Å². The second-order valence-electron chi connectivity index (χ2n) is 6.76. The average molecular weight is 403 g/mol. The Hall–Kier alpha value is -3.27. The van der Waals surface area contributed by atoms with Crippen LogP contribution >= 0.6 is 0 Å². The maximum atomic E-state index is 14.4. The van der Waals surface area contributed by atoms with Gasteiger partial charge in [0, 0.05) is 18.3 Å². The number of carbonyl (C=O) groups excluding carboxylic acids is 1. The number of ether oxygens (including phenoxy) is 1. The van der Waals surface area contributed by atoms with Crippen LogP contribution in [-0.2, 0) is 4.74 Å². The molecule has 29 heavy (non-hydrogen) atoms. The second kappa shape index (κ2) is 7.28. The van der Waals surface area contributed by atoms with Gasteiger partial charge in [-0.1, -0.05) is 0 Å². The molecular formula is C19H19F2N5O3. The Bertz CT molecular complexity index is 1090. The van der Waals surface area contributed by atoms with Gasteiger partial charge in [0.1, 0.15) is 23.0 Å². The number of halogens is 2. The van der Waals surface area contributed by atoms with E-state index in [-0.39, 0.29) is 42.2 Å². The summed E-state index contributed by atoms with van der Waals surface area (Å²) in [4.78, 5) is 18.4. The van der Waals surface area contributed by atoms with Crippen molar-refractivity contribution in [2.24, 2.45) is 0 Å². The van der Waals surface area contributed by atoms with E-state index < -0.39 is 29.7 Å². The number of carbonyl (C=O) groups is 1. The fourth-order valence-electron chi connectivity index (χ4n) is 3.63. The highest BCUT2D eigenvalue weighted by molar-refractivity contribution is 6.00. The summed E-state index contributed by atoms with van der Waals surface area (Å²) in [6, 6.07) is 4.20. The summed E-state index contributed by atoms with van der Waals surface area (Å²) >= 11 is 0. The van der Waals surface area contributed by atoms with Crippen molar-refractivity contribution in [2.45, 2.75) is 25.5 Å². The second-order valence-corrected chi connectivity index (χ2v) is 6.76. The molecule has 0 radical (unpaired) electrons. The Morgan fingerprint density at radius 2 is 2.17 bits per heavy atom. The van der Waals surface area contributed by atoms with Crippen molar-refractivity contribution in [2.75, 3.05) is 23.8 Å². The largest absolute Gasteiger partial charge is 0.462 e. The number of nitrogens with zero attached hydrogens (tertiary/aromatic N) is 4. The first-order valence-electron chi connectivity index (χ1n) is 9.10. The number of β-amino-alcohol motifs (C(OH)–C–C–N with tert-alkyl or cyclic N) is 1. The van der Waals surface area contributed by atoms with Crippen molar-refractivity contribution < 1.29 is 23.4 Å². The maximum Gasteiger partial charge on any atom is 0.345 e. The smallest absolute Gasteiger partial charge is 0.345 e. The number of benzene rings is 1. The number of rotatable bonds is 4. The van der Waals surface area contributed by atoms with Gasteiger partial charge in [0.2, 0.25) is 0 Å². The first-order valence-corrected chi connectivity index (χ1v) is 9.10. The van der Waals surface area contributed by atoms with Crippen LogP contribution in [-0.4, -0.2) is 44.9 Å². The molecule has 1 aromatic carbocycles. The zero-order valence-corrected chi connectivity index (χ0v) is 15.5. The summed E-state index contributed by atoms with van der Waals surface area (Å²) < 4.78 is 34.4. The summed E-state index contributed by atoms with van der Waals surface area (Å²) in [5, 5.41) is 14.2. The molecule has 8 nitrogen and oxygen atoms in total. The van der Waals surface area contributed by atoms with Gasteiger partial charge in [-0.05, 0) is 37.6 Å². The first kappa shape index (κ1) is 19.1. The van der Waals surface area contributed by atoms with Gasteiger partial charge in [0.15, 0.2) is 11.5 Å². The molecular weight excluding hydrogens is 384 g/mol. The lowest BCUT2D eigenvalue weighted by Crippen LogP contribution is -2.26. The molecule has 0 bridgehead atoms. The minimum atomic E-state index is -0.750. The minimum Gasteiger partial charge on any atom is -0.462 e. The maximum absolute atomic E-state index is 14.4. The van der Waals surface area contributed by atoms with Gasteiger partial charge in [-0.3, -0.25) is 0 Å². The average Bonchev–Trinajstić information content (AvgIpc) is 3.22. The Kier molecular flexibility index (Phi) is 4.79. The van der Waals surface area contributed by atoms with Crippen LogP contribution in [0.15, 0.2) is 30.5 Å².